The lowest BCUT2D eigenvalue weighted by Gasteiger charge is -2.70. The van der Waals surface area contributed by atoms with E-state index < -0.39 is 28.1 Å². The van der Waals surface area contributed by atoms with E-state index in [9.17, 15) is 15.3 Å². The third-order valence-corrected chi connectivity index (χ3v) is 11.6. The second-order valence-corrected chi connectivity index (χ2v) is 11.8. The first-order valence-corrected chi connectivity index (χ1v) is 12.7. The average Bonchev–Trinajstić information content (AvgIpc) is 3.24. The quantitative estimate of drug-likeness (QED) is 0.512. The molecule has 7 bridgehead atoms. The summed E-state index contributed by atoms with van der Waals surface area (Å²) in [5.41, 5.74) is -3.78. The second kappa shape index (κ2) is 7.13. The lowest BCUT2D eigenvalue weighted by molar-refractivity contribution is -0.320. The molecule has 3 N–H and O–H groups in total. The molecule has 8 nitrogen and oxygen atoms in total. The first-order valence-electron chi connectivity index (χ1n) is 12.7. The van der Waals surface area contributed by atoms with Crippen molar-refractivity contribution >= 4 is 0 Å². The van der Waals surface area contributed by atoms with Crippen molar-refractivity contribution in [2.24, 2.45) is 34.5 Å². The SMILES string of the molecule is CCN1C[C@]2(CO)CC[C@H](OC)[C@]34C5CC6C(OC)C5[C@](O)(C[C@@H]6OC)[C@@](O)(C13)[C@@H](OC)[C@H]24. The second-order valence-electron chi connectivity index (χ2n) is 11.8. The van der Waals surface area contributed by atoms with Crippen LogP contribution in [0.1, 0.15) is 32.6 Å². The number of fused-ring (bicyclic) bond motifs is 2. The van der Waals surface area contributed by atoms with E-state index in [-0.39, 0.29) is 54.6 Å². The zero-order chi connectivity index (χ0) is 23.6. The molecule has 33 heavy (non-hydrogen) atoms. The molecule has 0 aromatic carbocycles. The van der Waals surface area contributed by atoms with Crippen molar-refractivity contribution in [1.29, 1.82) is 0 Å². The monoisotopic (exact) mass is 467 g/mol. The van der Waals surface area contributed by atoms with Crippen LogP contribution in [0.5, 0.6) is 0 Å². The van der Waals surface area contributed by atoms with Gasteiger partial charge in [-0.05, 0) is 31.7 Å². The molecular weight excluding hydrogens is 426 g/mol. The van der Waals surface area contributed by atoms with E-state index in [0.717, 1.165) is 25.8 Å². The Kier molecular flexibility index (Phi) is 4.99. The fourth-order valence-electron chi connectivity index (χ4n) is 11.0. The molecule has 188 valence electrons. The maximum absolute atomic E-state index is 13.0. The number of piperidine rings is 1. The highest BCUT2D eigenvalue weighted by atomic mass is 16.5. The fourth-order valence-corrected chi connectivity index (χ4v) is 11.0. The minimum atomic E-state index is -1.52. The van der Waals surface area contributed by atoms with Gasteiger partial charge in [-0.1, -0.05) is 6.92 Å². The first-order chi connectivity index (χ1) is 15.8. The first kappa shape index (κ1) is 23.1. The Morgan fingerprint density at radius 2 is 1.79 bits per heavy atom. The van der Waals surface area contributed by atoms with Crippen LogP contribution >= 0.6 is 0 Å². The Hall–Kier alpha value is -0.320. The van der Waals surface area contributed by atoms with Gasteiger partial charge in [-0.2, -0.15) is 0 Å². The lowest BCUT2D eigenvalue weighted by atomic mass is 9.42. The van der Waals surface area contributed by atoms with Gasteiger partial charge in [0.1, 0.15) is 11.2 Å². The molecular formula is C25H41NO7. The summed E-state index contributed by atoms with van der Waals surface area (Å²) in [6, 6.07) is -0.312. The summed E-state index contributed by atoms with van der Waals surface area (Å²) in [6.45, 7) is 3.59. The van der Waals surface area contributed by atoms with Gasteiger partial charge in [0.2, 0.25) is 0 Å². The summed E-state index contributed by atoms with van der Waals surface area (Å²) in [4.78, 5) is 2.33. The maximum atomic E-state index is 13.0. The molecule has 1 spiro atoms. The Bertz CT molecular complexity index is 814. The molecule has 0 aromatic heterocycles. The molecule has 5 aliphatic carbocycles. The normalized spacial score (nSPS) is 60.9. The van der Waals surface area contributed by atoms with Crippen molar-refractivity contribution in [3.63, 3.8) is 0 Å². The largest absolute Gasteiger partial charge is 0.396 e. The summed E-state index contributed by atoms with van der Waals surface area (Å²) in [6.07, 6.45) is 1.81. The topological polar surface area (TPSA) is 101 Å². The number of nitrogens with zero attached hydrogens (tertiary/aromatic N) is 1. The van der Waals surface area contributed by atoms with Crippen LogP contribution < -0.4 is 0 Å². The summed E-state index contributed by atoms with van der Waals surface area (Å²) in [5.74, 6) is -0.0916. The van der Waals surface area contributed by atoms with Crippen LogP contribution in [0.15, 0.2) is 0 Å². The predicted molar refractivity (Wildman–Crippen MR) is 119 cm³/mol. The predicted octanol–water partition coefficient (Wildman–Crippen LogP) is 0.271. The number of likely N-dealkylation sites (tertiary alicyclic amines) is 1. The molecule has 6 aliphatic rings. The molecule has 6 fully saturated rings. The molecule has 5 saturated carbocycles. The molecule has 1 saturated heterocycles. The number of likely N-dealkylation sites (N-methyl/N-ethyl adjacent to an activating group) is 1. The Labute approximate surface area is 196 Å². The molecule has 13 atom stereocenters. The van der Waals surface area contributed by atoms with Crippen molar-refractivity contribution in [3.05, 3.63) is 0 Å². The highest BCUT2D eigenvalue weighted by Gasteiger charge is 2.91. The van der Waals surface area contributed by atoms with Crippen LogP contribution in [0.2, 0.25) is 0 Å². The highest BCUT2D eigenvalue weighted by Crippen LogP contribution is 2.80. The summed E-state index contributed by atoms with van der Waals surface area (Å²) in [5, 5.41) is 36.6. The Balaban J connectivity index is 1.68. The molecule has 1 aliphatic heterocycles. The van der Waals surface area contributed by atoms with E-state index in [1.54, 1.807) is 28.4 Å². The van der Waals surface area contributed by atoms with Crippen LogP contribution in [0.4, 0.5) is 0 Å². The van der Waals surface area contributed by atoms with Crippen molar-refractivity contribution in [2.75, 3.05) is 48.1 Å². The van der Waals surface area contributed by atoms with Crippen LogP contribution in [0.25, 0.3) is 0 Å². The summed E-state index contributed by atoms with van der Waals surface area (Å²) in [7, 11) is 6.85. The Morgan fingerprint density at radius 3 is 2.36 bits per heavy atom. The van der Waals surface area contributed by atoms with Gasteiger partial charge in [-0.3, -0.25) is 4.90 Å². The van der Waals surface area contributed by atoms with Crippen molar-refractivity contribution in [3.8, 4) is 0 Å². The molecule has 6 rings (SSSR count). The number of aliphatic hydroxyl groups excluding tert-OH is 1. The van der Waals surface area contributed by atoms with Crippen LogP contribution in [0.3, 0.4) is 0 Å². The van der Waals surface area contributed by atoms with Gasteiger partial charge in [0.15, 0.2) is 0 Å². The summed E-state index contributed by atoms with van der Waals surface area (Å²) >= 11 is 0. The number of hydrogen-bond donors (Lipinski definition) is 3. The van der Waals surface area contributed by atoms with Crippen LogP contribution in [-0.4, -0.2) is 110 Å². The van der Waals surface area contributed by atoms with Crippen molar-refractivity contribution in [2.45, 2.75) is 74.3 Å². The van der Waals surface area contributed by atoms with Gasteiger partial charge in [0, 0.05) is 70.0 Å². The zero-order valence-electron chi connectivity index (χ0n) is 20.6. The van der Waals surface area contributed by atoms with E-state index in [1.165, 1.54) is 0 Å². The molecule has 0 aromatic rings. The number of hydrogen-bond acceptors (Lipinski definition) is 8. The van der Waals surface area contributed by atoms with Crippen molar-refractivity contribution < 1.29 is 34.3 Å². The van der Waals surface area contributed by atoms with Crippen LogP contribution in [0, 0.1) is 34.5 Å². The van der Waals surface area contributed by atoms with E-state index in [1.807, 2.05) is 0 Å². The third-order valence-electron chi connectivity index (χ3n) is 11.6. The Morgan fingerprint density at radius 1 is 1.03 bits per heavy atom. The summed E-state index contributed by atoms with van der Waals surface area (Å²) < 4.78 is 24.5. The van der Waals surface area contributed by atoms with Gasteiger partial charge in [-0.15, -0.1) is 0 Å². The fraction of sp³-hybridized carbons (Fsp3) is 1.00. The number of aliphatic hydroxyl groups is 3. The van der Waals surface area contributed by atoms with E-state index in [0.29, 0.717) is 13.0 Å². The third kappa shape index (κ3) is 2.16. The molecule has 0 amide bonds. The highest BCUT2D eigenvalue weighted by molar-refractivity contribution is 5.41. The number of methoxy groups -OCH3 is 4. The standard InChI is InChI=1S/C25H41NO7/c1-6-26-11-22(12-27)8-7-16(31-3)24-14-9-13-15(30-2)10-23(28,17(14)18(13)32-4)25(29,21(24)26)20(33-5)19(22)24/h13-21,27-29H,6-12H2,1-5H3/t13?,14?,15-,16-,17?,18?,19+,20-,21?,22-,23+,24-,25-/m0/s1. The zero-order valence-corrected chi connectivity index (χ0v) is 20.6. The van der Waals surface area contributed by atoms with Gasteiger partial charge in [0.05, 0.1) is 37.1 Å². The number of ether oxygens (including phenoxy) is 4. The minimum absolute atomic E-state index is 0.0443. The molecule has 1 heterocycles. The van der Waals surface area contributed by atoms with Gasteiger partial charge >= 0.3 is 0 Å². The molecule has 0 radical (unpaired) electrons. The van der Waals surface area contributed by atoms with E-state index in [2.05, 4.69) is 11.8 Å². The molecule has 8 heteroatoms. The van der Waals surface area contributed by atoms with Gasteiger partial charge < -0.3 is 34.3 Å². The van der Waals surface area contributed by atoms with E-state index in [4.69, 9.17) is 18.9 Å². The van der Waals surface area contributed by atoms with Gasteiger partial charge in [0.25, 0.3) is 0 Å². The smallest absolute Gasteiger partial charge is 0.136 e. The lowest BCUT2D eigenvalue weighted by Crippen LogP contribution is -2.82. The van der Waals surface area contributed by atoms with E-state index >= 15 is 0 Å². The van der Waals surface area contributed by atoms with Crippen molar-refractivity contribution in [1.82, 2.24) is 4.90 Å². The maximum Gasteiger partial charge on any atom is 0.136 e. The van der Waals surface area contributed by atoms with Gasteiger partial charge in [-0.25, -0.2) is 0 Å². The minimum Gasteiger partial charge on any atom is -0.396 e. The van der Waals surface area contributed by atoms with Crippen LogP contribution in [-0.2, 0) is 18.9 Å². The molecule has 5 unspecified atom stereocenters. The average molecular weight is 468 g/mol. The number of rotatable bonds is 6.